The number of hydrogen-bond donors (Lipinski definition) is 3. The molecule has 7 nitrogen and oxygen atoms in total. The number of rotatable bonds is 6. The molecule has 1 aromatic carbocycles. The van der Waals surface area contributed by atoms with E-state index in [9.17, 15) is 14.4 Å². The Hall–Kier alpha value is -2.57. The molecule has 1 rings (SSSR count). The second kappa shape index (κ2) is 7.78. The number of carbonyl (C=O) groups is 3. The SMILES string of the molecule is CN(Cc1ccccc1)C(=O)NCC(=O)NCC(=O)O. The van der Waals surface area contributed by atoms with Crippen molar-refractivity contribution in [2.24, 2.45) is 0 Å². The first-order valence-electron chi connectivity index (χ1n) is 6.00. The predicted molar refractivity (Wildman–Crippen MR) is 72.0 cm³/mol. The number of carboxylic acids is 1. The molecule has 20 heavy (non-hydrogen) atoms. The van der Waals surface area contributed by atoms with Gasteiger partial charge in [-0.15, -0.1) is 0 Å². The zero-order chi connectivity index (χ0) is 15.0. The average molecular weight is 279 g/mol. The summed E-state index contributed by atoms with van der Waals surface area (Å²) in [4.78, 5) is 34.6. The van der Waals surface area contributed by atoms with E-state index in [2.05, 4.69) is 10.6 Å². The van der Waals surface area contributed by atoms with E-state index in [0.717, 1.165) is 5.56 Å². The largest absolute Gasteiger partial charge is 0.480 e. The Balaban J connectivity index is 2.31. The van der Waals surface area contributed by atoms with Crippen LogP contribution in [0.3, 0.4) is 0 Å². The lowest BCUT2D eigenvalue weighted by atomic mass is 10.2. The quantitative estimate of drug-likeness (QED) is 0.684. The van der Waals surface area contributed by atoms with Gasteiger partial charge < -0.3 is 20.6 Å². The molecular formula is C13H17N3O4. The molecule has 0 aliphatic carbocycles. The first-order chi connectivity index (χ1) is 9.49. The van der Waals surface area contributed by atoms with E-state index in [1.54, 1.807) is 7.05 Å². The summed E-state index contributed by atoms with van der Waals surface area (Å²) in [6.07, 6.45) is 0. The van der Waals surface area contributed by atoms with Crippen molar-refractivity contribution in [3.05, 3.63) is 35.9 Å². The van der Waals surface area contributed by atoms with E-state index in [4.69, 9.17) is 5.11 Å². The van der Waals surface area contributed by atoms with Gasteiger partial charge in [0.05, 0.1) is 6.54 Å². The maximum Gasteiger partial charge on any atom is 0.322 e. The second-order valence-corrected chi connectivity index (χ2v) is 4.17. The molecule has 0 aliphatic rings. The van der Waals surface area contributed by atoms with Crippen LogP contribution in [0.1, 0.15) is 5.56 Å². The minimum atomic E-state index is -1.13. The Bertz CT molecular complexity index is 476. The summed E-state index contributed by atoms with van der Waals surface area (Å²) < 4.78 is 0. The Morgan fingerprint density at radius 3 is 2.35 bits per heavy atom. The fourth-order valence-corrected chi connectivity index (χ4v) is 1.46. The number of urea groups is 1. The van der Waals surface area contributed by atoms with E-state index in [1.807, 2.05) is 30.3 Å². The van der Waals surface area contributed by atoms with Gasteiger partial charge in [0.2, 0.25) is 5.91 Å². The summed E-state index contributed by atoms with van der Waals surface area (Å²) >= 11 is 0. The monoisotopic (exact) mass is 279 g/mol. The second-order valence-electron chi connectivity index (χ2n) is 4.17. The average Bonchev–Trinajstić information content (AvgIpc) is 2.43. The molecule has 3 amide bonds. The van der Waals surface area contributed by atoms with Crippen molar-refractivity contribution in [1.82, 2.24) is 15.5 Å². The topological polar surface area (TPSA) is 98.7 Å². The van der Waals surface area contributed by atoms with Crippen LogP contribution < -0.4 is 10.6 Å². The van der Waals surface area contributed by atoms with Crippen LogP contribution >= 0.6 is 0 Å². The first-order valence-corrected chi connectivity index (χ1v) is 6.00. The Morgan fingerprint density at radius 1 is 1.10 bits per heavy atom. The van der Waals surface area contributed by atoms with Crippen molar-refractivity contribution in [3.63, 3.8) is 0 Å². The molecule has 0 radical (unpaired) electrons. The van der Waals surface area contributed by atoms with Crippen molar-refractivity contribution in [1.29, 1.82) is 0 Å². The van der Waals surface area contributed by atoms with Gasteiger partial charge in [-0.3, -0.25) is 9.59 Å². The van der Waals surface area contributed by atoms with Gasteiger partial charge >= 0.3 is 12.0 Å². The van der Waals surface area contributed by atoms with Crippen LogP contribution in [0.25, 0.3) is 0 Å². The fourth-order valence-electron chi connectivity index (χ4n) is 1.46. The molecule has 3 N–H and O–H groups in total. The standard InChI is InChI=1S/C13H17N3O4/c1-16(9-10-5-3-2-4-6-10)13(20)15-7-11(17)14-8-12(18)19/h2-6H,7-9H2,1H3,(H,14,17)(H,15,20)(H,18,19). The third-order valence-electron chi connectivity index (χ3n) is 2.45. The Kier molecular flexibility index (Phi) is 6.02. The van der Waals surface area contributed by atoms with Crippen molar-refractivity contribution in [2.45, 2.75) is 6.54 Å². The summed E-state index contributed by atoms with van der Waals surface area (Å²) in [7, 11) is 1.61. The first kappa shape index (κ1) is 15.5. The van der Waals surface area contributed by atoms with Crippen molar-refractivity contribution < 1.29 is 19.5 Å². The number of nitrogens with one attached hydrogen (secondary N) is 2. The minimum Gasteiger partial charge on any atom is -0.480 e. The normalized spacial score (nSPS) is 9.65. The molecule has 0 fully saturated rings. The fraction of sp³-hybridized carbons (Fsp3) is 0.308. The highest BCUT2D eigenvalue weighted by atomic mass is 16.4. The van der Waals surface area contributed by atoms with Crippen LogP contribution in [0.5, 0.6) is 0 Å². The van der Waals surface area contributed by atoms with Gasteiger partial charge in [0.25, 0.3) is 0 Å². The molecule has 0 saturated heterocycles. The highest BCUT2D eigenvalue weighted by Gasteiger charge is 2.10. The van der Waals surface area contributed by atoms with Gasteiger partial charge in [0, 0.05) is 13.6 Å². The smallest absolute Gasteiger partial charge is 0.322 e. The van der Waals surface area contributed by atoms with Crippen molar-refractivity contribution in [2.75, 3.05) is 20.1 Å². The summed E-state index contributed by atoms with van der Waals surface area (Å²) in [5.41, 5.74) is 0.973. The summed E-state index contributed by atoms with van der Waals surface area (Å²) in [5, 5.41) is 12.9. The zero-order valence-corrected chi connectivity index (χ0v) is 11.1. The number of nitrogens with zero attached hydrogens (tertiary/aromatic N) is 1. The molecular weight excluding hydrogens is 262 g/mol. The van der Waals surface area contributed by atoms with Gasteiger partial charge in [0.15, 0.2) is 0 Å². The summed E-state index contributed by atoms with van der Waals surface area (Å²) in [6.45, 7) is -0.302. The third-order valence-corrected chi connectivity index (χ3v) is 2.45. The number of hydrogen-bond acceptors (Lipinski definition) is 3. The molecule has 7 heteroatoms. The molecule has 0 aliphatic heterocycles. The van der Waals surface area contributed by atoms with Gasteiger partial charge in [-0.05, 0) is 5.56 Å². The maximum absolute atomic E-state index is 11.7. The van der Waals surface area contributed by atoms with E-state index < -0.39 is 24.5 Å². The number of amides is 3. The molecule has 0 unspecified atom stereocenters. The van der Waals surface area contributed by atoms with Crippen LogP contribution in [0.2, 0.25) is 0 Å². The van der Waals surface area contributed by atoms with Gasteiger partial charge in [-0.2, -0.15) is 0 Å². The van der Waals surface area contributed by atoms with Crippen LogP contribution in [0, 0.1) is 0 Å². The molecule has 0 saturated carbocycles. The highest BCUT2D eigenvalue weighted by Crippen LogP contribution is 2.02. The molecule has 0 heterocycles. The van der Waals surface area contributed by atoms with Gasteiger partial charge in [-0.1, -0.05) is 30.3 Å². The molecule has 1 aromatic rings. The summed E-state index contributed by atoms with van der Waals surface area (Å²) in [5.74, 6) is -1.68. The number of benzene rings is 1. The van der Waals surface area contributed by atoms with Crippen molar-refractivity contribution in [3.8, 4) is 0 Å². The predicted octanol–water partition coefficient (Wildman–Crippen LogP) is 0.0288. The number of carbonyl (C=O) groups excluding carboxylic acids is 2. The maximum atomic E-state index is 11.7. The number of carboxylic acid groups (broad SMARTS) is 1. The Labute approximate surface area is 116 Å². The third kappa shape index (κ3) is 5.85. The lowest BCUT2D eigenvalue weighted by Crippen LogP contribution is -2.43. The summed E-state index contributed by atoms with van der Waals surface area (Å²) in [6, 6.07) is 9.02. The Morgan fingerprint density at radius 2 is 1.75 bits per heavy atom. The highest BCUT2D eigenvalue weighted by molar-refractivity contribution is 5.86. The lowest BCUT2D eigenvalue weighted by Gasteiger charge is -2.17. The molecule has 0 bridgehead atoms. The van der Waals surface area contributed by atoms with Crippen LogP contribution in [0.15, 0.2) is 30.3 Å². The van der Waals surface area contributed by atoms with E-state index in [1.165, 1.54) is 4.90 Å². The van der Waals surface area contributed by atoms with Gasteiger partial charge in [0.1, 0.15) is 6.54 Å². The van der Waals surface area contributed by atoms with Gasteiger partial charge in [-0.25, -0.2) is 4.79 Å². The molecule has 108 valence electrons. The van der Waals surface area contributed by atoms with E-state index in [0.29, 0.717) is 6.54 Å². The molecule has 0 spiro atoms. The van der Waals surface area contributed by atoms with Crippen LogP contribution in [-0.4, -0.2) is 48.1 Å². The van der Waals surface area contributed by atoms with E-state index >= 15 is 0 Å². The molecule has 0 atom stereocenters. The van der Waals surface area contributed by atoms with Crippen LogP contribution in [-0.2, 0) is 16.1 Å². The minimum absolute atomic E-state index is 0.259. The molecule has 0 aromatic heterocycles. The lowest BCUT2D eigenvalue weighted by molar-refractivity contribution is -0.137. The van der Waals surface area contributed by atoms with E-state index in [-0.39, 0.29) is 6.54 Å². The van der Waals surface area contributed by atoms with Crippen LogP contribution in [0.4, 0.5) is 4.79 Å². The number of aliphatic carboxylic acids is 1. The zero-order valence-electron chi connectivity index (χ0n) is 11.1. The van der Waals surface area contributed by atoms with Crippen molar-refractivity contribution >= 4 is 17.9 Å².